The Balaban J connectivity index is 1.32. The molecule has 1 aromatic heterocycles. The molecule has 242 valence electrons. The number of nitrogens with two attached hydrogens (primary N) is 1. The Kier molecular flexibility index (Phi) is 9.76. The number of allylic oxidation sites excluding steroid dienone is 1. The summed E-state index contributed by atoms with van der Waals surface area (Å²) in [5, 5.41) is 23.3. The number of amides is 2. The standard InChI is InChI=1S/C36H46N8O2/c1-23-10-12-25(13-11-23)40-33(20-31(37)36(2,3)4)42-35(45)41-29-15-16-30(28-9-7-6-8-27(28)29)46-26-14-17-32(38)44(22-26)34(39)24-18-19-43(5)21-24/h6-14,17,20,22,24,29-30,38-39H,15-16,18-19,21,37H2,1-5H3,(H2,40,41,42,45)/t24-,29+,30-/m1/s1. The lowest BCUT2D eigenvalue weighted by Gasteiger charge is -2.32. The summed E-state index contributed by atoms with van der Waals surface area (Å²) in [5.41, 5.74) is 10.8. The maximum Gasteiger partial charge on any atom is 0.320 e. The second-order valence-electron chi connectivity index (χ2n) is 13.4. The highest BCUT2D eigenvalue weighted by molar-refractivity contribution is 6.05. The first-order chi connectivity index (χ1) is 21.9. The minimum atomic E-state index is -0.369. The number of carbonyl (C=O) groups is 1. The molecule has 1 aliphatic heterocycles. The number of nitrogens with one attached hydrogen (secondary N) is 4. The molecule has 1 fully saturated rings. The largest absolute Gasteiger partial charge is 0.484 e. The lowest BCUT2D eigenvalue weighted by atomic mass is 9.85. The van der Waals surface area contributed by atoms with Crippen molar-refractivity contribution in [2.75, 3.05) is 20.1 Å². The van der Waals surface area contributed by atoms with Crippen LogP contribution >= 0.6 is 0 Å². The van der Waals surface area contributed by atoms with Crippen molar-refractivity contribution in [1.82, 2.24) is 20.1 Å². The predicted molar refractivity (Wildman–Crippen MR) is 182 cm³/mol. The molecule has 2 heterocycles. The van der Waals surface area contributed by atoms with E-state index in [-0.39, 0.29) is 35.0 Å². The van der Waals surface area contributed by atoms with Crippen molar-refractivity contribution in [3.63, 3.8) is 0 Å². The van der Waals surface area contributed by atoms with Crippen LogP contribution < -0.4 is 26.6 Å². The highest BCUT2D eigenvalue weighted by Gasteiger charge is 2.30. The van der Waals surface area contributed by atoms with Gasteiger partial charge in [-0.3, -0.25) is 20.7 Å². The first-order valence-electron chi connectivity index (χ1n) is 15.9. The number of aryl methyl sites for hydroxylation is 1. The van der Waals surface area contributed by atoms with Crippen LogP contribution in [0.4, 0.5) is 10.5 Å². The Hall–Kier alpha value is -4.70. The van der Waals surface area contributed by atoms with Gasteiger partial charge in [0.2, 0.25) is 0 Å². The molecule has 1 aliphatic carbocycles. The number of hydrogen-bond donors (Lipinski definition) is 5. The molecule has 0 unspecified atom stereocenters. The molecule has 6 N–H and O–H groups in total. The number of likely N-dealkylation sites (tertiary alicyclic amines) is 1. The van der Waals surface area contributed by atoms with Gasteiger partial charge in [0, 0.05) is 29.7 Å². The van der Waals surface area contributed by atoms with Crippen LogP contribution in [-0.2, 0) is 0 Å². The number of fused-ring (bicyclic) bond motifs is 1. The van der Waals surface area contributed by atoms with Crippen molar-refractivity contribution in [2.24, 2.45) is 22.1 Å². The summed E-state index contributed by atoms with van der Waals surface area (Å²) < 4.78 is 8.12. The molecule has 0 radical (unpaired) electrons. The number of aromatic nitrogens is 1. The third-order valence-corrected chi connectivity index (χ3v) is 8.66. The molecule has 0 bridgehead atoms. The molecule has 10 heteroatoms. The Morgan fingerprint density at radius 3 is 2.43 bits per heavy atom. The quantitative estimate of drug-likeness (QED) is 0.172. The van der Waals surface area contributed by atoms with Crippen molar-refractivity contribution in [3.8, 4) is 5.75 Å². The molecule has 5 rings (SSSR count). The maximum absolute atomic E-state index is 13.4. The molecular weight excluding hydrogens is 576 g/mol. The van der Waals surface area contributed by atoms with Gasteiger partial charge in [-0.1, -0.05) is 62.7 Å². The van der Waals surface area contributed by atoms with E-state index in [4.69, 9.17) is 21.3 Å². The SMILES string of the molecule is Cc1ccc(N=C(C=C(N)C(C)(C)C)NC(=O)N[C@H]2CC[C@@H](Oc3ccc(=N)n(C(=N)[C@@H]4CCN(C)C4)c3)c3ccccc32)cc1. The van der Waals surface area contributed by atoms with Crippen LogP contribution in [0.25, 0.3) is 0 Å². The summed E-state index contributed by atoms with van der Waals surface area (Å²) >= 11 is 0. The van der Waals surface area contributed by atoms with E-state index >= 15 is 0 Å². The first-order valence-corrected chi connectivity index (χ1v) is 15.9. The van der Waals surface area contributed by atoms with Gasteiger partial charge in [0.05, 0.1) is 17.9 Å². The Labute approximate surface area is 271 Å². The number of ether oxygens (including phenoxy) is 1. The zero-order valence-corrected chi connectivity index (χ0v) is 27.4. The van der Waals surface area contributed by atoms with Crippen molar-refractivity contribution >= 4 is 23.4 Å². The highest BCUT2D eigenvalue weighted by atomic mass is 16.5. The van der Waals surface area contributed by atoms with E-state index in [1.165, 1.54) is 0 Å². The minimum absolute atomic E-state index is 0.0885. The smallest absolute Gasteiger partial charge is 0.320 e. The van der Waals surface area contributed by atoms with Gasteiger partial charge in [-0.05, 0) is 75.2 Å². The molecule has 0 saturated carbocycles. The van der Waals surface area contributed by atoms with Crippen molar-refractivity contribution in [3.05, 3.63) is 101 Å². The van der Waals surface area contributed by atoms with Crippen LogP contribution in [0.3, 0.4) is 0 Å². The number of aliphatic imine (C=N–C) groups is 1. The van der Waals surface area contributed by atoms with Gasteiger partial charge in [-0.15, -0.1) is 0 Å². The second-order valence-corrected chi connectivity index (χ2v) is 13.4. The summed E-state index contributed by atoms with van der Waals surface area (Å²) in [6, 6.07) is 18.6. The normalized spacial score (nSPS) is 20.6. The molecule has 10 nitrogen and oxygen atoms in total. The molecule has 2 aromatic carbocycles. The van der Waals surface area contributed by atoms with Crippen LogP contribution in [0.1, 0.15) is 68.9 Å². The van der Waals surface area contributed by atoms with Crippen LogP contribution in [0.5, 0.6) is 5.75 Å². The lowest BCUT2D eigenvalue weighted by molar-refractivity contribution is 0.171. The number of urea groups is 1. The number of carbonyl (C=O) groups excluding carboxylic acids is 1. The molecule has 2 aliphatic rings. The highest BCUT2D eigenvalue weighted by Crippen LogP contribution is 2.38. The summed E-state index contributed by atoms with van der Waals surface area (Å²) in [5.74, 6) is 1.48. The zero-order chi connectivity index (χ0) is 33.0. The van der Waals surface area contributed by atoms with E-state index in [0.717, 1.165) is 36.2 Å². The van der Waals surface area contributed by atoms with Crippen LogP contribution in [-0.4, -0.2) is 47.3 Å². The molecule has 1 saturated heterocycles. The number of benzene rings is 2. The minimum Gasteiger partial charge on any atom is -0.484 e. The Bertz CT molecular complexity index is 1700. The number of amidine groups is 1. The van der Waals surface area contributed by atoms with Gasteiger partial charge in [0.1, 0.15) is 29.0 Å². The zero-order valence-electron chi connectivity index (χ0n) is 27.4. The Morgan fingerprint density at radius 2 is 1.76 bits per heavy atom. The molecule has 46 heavy (non-hydrogen) atoms. The van der Waals surface area contributed by atoms with Crippen molar-refractivity contribution in [2.45, 2.75) is 59.1 Å². The average molecular weight is 623 g/mol. The summed E-state index contributed by atoms with van der Waals surface area (Å²) in [6.07, 6.45) is 5.50. The van der Waals surface area contributed by atoms with Gasteiger partial charge >= 0.3 is 6.03 Å². The van der Waals surface area contributed by atoms with Crippen molar-refractivity contribution in [1.29, 1.82) is 10.8 Å². The van der Waals surface area contributed by atoms with Gasteiger partial charge in [-0.25, -0.2) is 9.79 Å². The number of pyridine rings is 1. The molecule has 0 spiro atoms. The van der Waals surface area contributed by atoms with Crippen LogP contribution in [0.15, 0.2) is 83.6 Å². The summed E-state index contributed by atoms with van der Waals surface area (Å²) in [4.78, 5) is 20.3. The van der Waals surface area contributed by atoms with E-state index in [1.54, 1.807) is 29.0 Å². The molecule has 2 amide bonds. The number of nitrogens with zero attached hydrogens (tertiary/aromatic N) is 3. The fourth-order valence-electron chi connectivity index (χ4n) is 5.82. The fraction of sp³-hybridized carbons (Fsp3) is 0.389. The molecular formula is C36H46N8O2. The van der Waals surface area contributed by atoms with Crippen LogP contribution in [0.2, 0.25) is 0 Å². The fourth-order valence-corrected chi connectivity index (χ4v) is 5.82. The lowest BCUT2D eigenvalue weighted by Crippen LogP contribution is -2.42. The topological polar surface area (TPSA) is 145 Å². The number of rotatable bonds is 6. The van der Waals surface area contributed by atoms with Crippen LogP contribution in [0, 0.1) is 29.1 Å². The third-order valence-electron chi connectivity index (χ3n) is 8.66. The first kappa shape index (κ1) is 32.7. The van der Waals surface area contributed by atoms with E-state index in [9.17, 15) is 4.79 Å². The average Bonchev–Trinajstić information content (AvgIpc) is 3.45. The predicted octanol–water partition coefficient (Wildman–Crippen LogP) is 5.93. The molecule has 3 atom stereocenters. The third kappa shape index (κ3) is 7.92. The van der Waals surface area contributed by atoms with Gasteiger partial charge in [0.15, 0.2) is 0 Å². The van der Waals surface area contributed by atoms with E-state index < -0.39 is 0 Å². The molecule has 3 aromatic rings. The summed E-state index contributed by atoms with van der Waals surface area (Å²) in [6.45, 7) is 9.82. The van der Waals surface area contributed by atoms with Gasteiger partial charge in [0.25, 0.3) is 0 Å². The summed E-state index contributed by atoms with van der Waals surface area (Å²) in [7, 11) is 2.06. The van der Waals surface area contributed by atoms with E-state index in [2.05, 4.69) is 27.6 Å². The van der Waals surface area contributed by atoms with Gasteiger partial charge in [-0.2, -0.15) is 0 Å². The monoisotopic (exact) mass is 622 g/mol. The Morgan fingerprint density at radius 1 is 1.04 bits per heavy atom. The maximum atomic E-state index is 13.4. The van der Waals surface area contributed by atoms with Gasteiger partial charge < -0.3 is 20.7 Å². The second kappa shape index (κ2) is 13.7. The van der Waals surface area contributed by atoms with Crippen molar-refractivity contribution < 1.29 is 9.53 Å². The number of hydrogen-bond acceptors (Lipinski definition) is 7. The van der Waals surface area contributed by atoms with E-state index in [0.29, 0.717) is 41.6 Å². The van der Waals surface area contributed by atoms with E-state index in [1.807, 2.05) is 76.2 Å².